The molecule has 0 amide bonds. The maximum absolute atomic E-state index is 4.52. The summed E-state index contributed by atoms with van der Waals surface area (Å²) in [5.74, 6) is 2.60. The Kier molecular flexibility index (Phi) is 8.70. The van der Waals surface area contributed by atoms with Crippen molar-refractivity contribution in [2.24, 2.45) is 12.0 Å². The zero-order valence-corrected chi connectivity index (χ0v) is 14.7. The third-order valence-electron chi connectivity index (χ3n) is 2.90. The second-order valence-electron chi connectivity index (χ2n) is 4.37. The number of aryl methyl sites for hydroxylation is 1. The van der Waals surface area contributed by atoms with Gasteiger partial charge in [0.15, 0.2) is 11.8 Å². The van der Waals surface area contributed by atoms with Crippen molar-refractivity contribution in [3.05, 3.63) is 11.6 Å². The van der Waals surface area contributed by atoms with Gasteiger partial charge in [0.2, 0.25) is 0 Å². The van der Waals surface area contributed by atoms with Crippen LogP contribution in [-0.2, 0) is 13.6 Å². The summed E-state index contributed by atoms with van der Waals surface area (Å²) in [7, 11) is 1.95. The van der Waals surface area contributed by atoms with Gasteiger partial charge < -0.3 is 15.2 Å². The van der Waals surface area contributed by atoms with E-state index < -0.39 is 0 Å². The lowest BCUT2D eigenvalue weighted by atomic mass is 10.3. The van der Waals surface area contributed by atoms with Crippen LogP contribution in [0.5, 0.6) is 0 Å². The second-order valence-corrected chi connectivity index (χ2v) is 4.37. The topological polar surface area (TPSA) is 67.1 Å². The number of nitrogens with one attached hydrogen (secondary N) is 2. The van der Waals surface area contributed by atoms with Crippen molar-refractivity contribution in [2.45, 2.75) is 46.7 Å². The molecule has 110 valence electrons. The average molecular weight is 380 g/mol. The Morgan fingerprint density at radius 2 is 2.05 bits per heavy atom. The van der Waals surface area contributed by atoms with Gasteiger partial charge in [0.1, 0.15) is 12.4 Å². The molecule has 1 aromatic rings. The number of aromatic nitrogens is 3. The van der Waals surface area contributed by atoms with Crippen LogP contribution in [-0.4, -0.2) is 33.3 Å². The van der Waals surface area contributed by atoms with Gasteiger partial charge in [-0.1, -0.05) is 6.92 Å². The summed E-state index contributed by atoms with van der Waals surface area (Å²) in [4.78, 5) is 4.52. The van der Waals surface area contributed by atoms with Crippen LogP contribution in [0.3, 0.4) is 0 Å². The van der Waals surface area contributed by atoms with Gasteiger partial charge in [-0.25, -0.2) is 4.99 Å². The SMILES string of the molecule is CCNC(=NCc1nnc(C)n1C)NC(C)CC.I. The fourth-order valence-corrected chi connectivity index (χ4v) is 1.39. The van der Waals surface area contributed by atoms with E-state index in [4.69, 9.17) is 0 Å². The van der Waals surface area contributed by atoms with E-state index in [2.05, 4.69) is 46.6 Å². The molecule has 1 aromatic heterocycles. The number of nitrogens with zero attached hydrogens (tertiary/aromatic N) is 4. The number of hydrogen-bond acceptors (Lipinski definition) is 3. The summed E-state index contributed by atoms with van der Waals surface area (Å²) in [6, 6.07) is 0.407. The highest BCUT2D eigenvalue weighted by Gasteiger charge is 2.06. The second kappa shape index (κ2) is 9.11. The molecule has 0 bridgehead atoms. The van der Waals surface area contributed by atoms with Crippen molar-refractivity contribution in [3.8, 4) is 0 Å². The predicted octanol–water partition coefficient (Wildman–Crippen LogP) is 1.60. The van der Waals surface area contributed by atoms with E-state index >= 15 is 0 Å². The van der Waals surface area contributed by atoms with E-state index in [0.717, 1.165) is 30.6 Å². The van der Waals surface area contributed by atoms with Gasteiger partial charge in [0, 0.05) is 19.6 Å². The molecule has 6 nitrogen and oxygen atoms in total. The number of aliphatic imine (C=N–C) groups is 1. The third-order valence-corrected chi connectivity index (χ3v) is 2.90. The fourth-order valence-electron chi connectivity index (χ4n) is 1.39. The Labute approximate surface area is 132 Å². The smallest absolute Gasteiger partial charge is 0.191 e. The van der Waals surface area contributed by atoms with E-state index in [-0.39, 0.29) is 24.0 Å². The lowest BCUT2D eigenvalue weighted by Gasteiger charge is -2.16. The molecule has 7 heteroatoms. The van der Waals surface area contributed by atoms with Crippen LogP contribution in [0.2, 0.25) is 0 Å². The van der Waals surface area contributed by atoms with E-state index in [1.54, 1.807) is 0 Å². The van der Waals surface area contributed by atoms with Gasteiger partial charge in [0.05, 0.1) is 0 Å². The van der Waals surface area contributed by atoms with Gasteiger partial charge >= 0.3 is 0 Å². The molecule has 0 saturated carbocycles. The largest absolute Gasteiger partial charge is 0.357 e. The summed E-state index contributed by atoms with van der Waals surface area (Å²) in [5.41, 5.74) is 0. The minimum atomic E-state index is 0. The van der Waals surface area contributed by atoms with Crippen molar-refractivity contribution in [1.82, 2.24) is 25.4 Å². The van der Waals surface area contributed by atoms with E-state index in [1.807, 2.05) is 18.5 Å². The maximum Gasteiger partial charge on any atom is 0.191 e. The number of hydrogen-bond donors (Lipinski definition) is 2. The highest BCUT2D eigenvalue weighted by molar-refractivity contribution is 14.0. The Bertz CT molecular complexity index is 401. The van der Waals surface area contributed by atoms with Gasteiger partial charge in [-0.15, -0.1) is 34.2 Å². The maximum atomic E-state index is 4.52. The molecule has 0 fully saturated rings. The van der Waals surface area contributed by atoms with Crippen LogP contribution in [0.25, 0.3) is 0 Å². The van der Waals surface area contributed by atoms with Crippen LogP contribution in [0, 0.1) is 6.92 Å². The molecule has 1 atom stereocenters. The highest BCUT2D eigenvalue weighted by atomic mass is 127. The number of guanidine groups is 1. The first-order valence-electron chi connectivity index (χ1n) is 6.48. The van der Waals surface area contributed by atoms with Crippen molar-refractivity contribution in [3.63, 3.8) is 0 Å². The van der Waals surface area contributed by atoms with Gasteiger partial charge in [-0.2, -0.15) is 0 Å². The van der Waals surface area contributed by atoms with Gasteiger partial charge in [-0.3, -0.25) is 0 Å². The summed E-state index contributed by atoms with van der Waals surface area (Å²) < 4.78 is 1.95. The highest BCUT2D eigenvalue weighted by Crippen LogP contribution is 1.99. The Balaban J connectivity index is 0.00000324. The monoisotopic (exact) mass is 380 g/mol. The molecule has 2 N–H and O–H groups in total. The molecule has 0 aliphatic heterocycles. The molecular weight excluding hydrogens is 355 g/mol. The Morgan fingerprint density at radius 1 is 1.37 bits per heavy atom. The minimum absolute atomic E-state index is 0. The standard InChI is InChI=1S/C12H24N6.HI/c1-6-9(3)15-12(13-7-2)14-8-11-17-16-10(4)18(11)5;/h9H,6-8H2,1-5H3,(H2,13,14,15);1H. The molecule has 0 saturated heterocycles. The summed E-state index contributed by atoms with van der Waals surface area (Å²) in [6.07, 6.45) is 1.06. The van der Waals surface area contributed by atoms with Crippen molar-refractivity contribution in [1.29, 1.82) is 0 Å². The summed E-state index contributed by atoms with van der Waals surface area (Å²) in [6.45, 7) is 9.65. The van der Waals surface area contributed by atoms with E-state index in [9.17, 15) is 0 Å². The number of rotatable bonds is 5. The summed E-state index contributed by atoms with van der Waals surface area (Å²) in [5, 5.41) is 14.7. The van der Waals surface area contributed by atoms with Crippen molar-refractivity contribution in [2.75, 3.05) is 6.54 Å². The first kappa shape index (κ1) is 18.1. The lowest BCUT2D eigenvalue weighted by molar-refractivity contribution is 0.623. The predicted molar refractivity (Wildman–Crippen MR) is 88.9 cm³/mol. The molecule has 0 radical (unpaired) electrons. The minimum Gasteiger partial charge on any atom is -0.357 e. The first-order chi connectivity index (χ1) is 8.58. The fraction of sp³-hybridized carbons (Fsp3) is 0.750. The van der Waals surface area contributed by atoms with Crippen LogP contribution in [0.15, 0.2) is 4.99 Å². The van der Waals surface area contributed by atoms with Gasteiger partial charge in [0.25, 0.3) is 0 Å². The molecule has 1 heterocycles. The zero-order valence-electron chi connectivity index (χ0n) is 12.4. The van der Waals surface area contributed by atoms with Crippen molar-refractivity contribution >= 4 is 29.9 Å². The molecule has 0 aliphatic carbocycles. The van der Waals surface area contributed by atoms with Crippen LogP contribution >= 0.6 is 24.0 Å². The molecule has 1 unspecified atom stereocenters. The molecule has 0 aliphatic rings. The van der Waals surface area contributed by atoms with Crippen LogP contribution in [0.4, 0.5) is 0 Å². The first-order valence-corrected chi connectivity index (χ1v) is 6.48. The van der Waals surface area contributed by atoms with Crippen LogP contribution in [0.1, 0.15) is 38.8 Å². The van der Waals surface area contributed by atoms with Crippen LogP contribution < -0.4 is 10.6 Å². The molecule has 1 rings (SSSR count). The molecular formula is C12H25IN6. The summed E-state index contributed by atoms with van der Waals surface area (Å²) >= 11 is 0. The Hall–Kier alpha value is -0.860. The number of halogens is 1. The normalized spacial score (nSPS) is 12.8. The quantitative estimate of drug-likeness (QED) is 0.463. The lowest BCUT2D eigenvalue weighted by Crippen LogP contribution is -2.42. The van der Waals surface area contributed by atoms with E-state index in [1.165, 1.54) is 0 Å². The zero-order chi connectivity index (χ0) is 13.5. The molecule has 19 heavy (non-hydrogen) atoms. The van der Waals surface area contributed by atoms with Gasteiger partial charge in [-0.05, 0) is 27.2 Å². The van der Waals surface area contributed by atoms with Crippen molar-refractivity contribution < 1.29 is 0 Å². The molecule has 0 spiro atoms. The molecule has 0 aromatic carbocycles. The van der Waals surface area contributed by atoms with E-state index in [0.29, 0.717) is 12.6 Å². The Morgan fingerprint density at radius 3 is 2.53 bits per heavy atom. The third kappa shape index (κ3) is 5.75. The average Bonchev–Trinajstić information content (AvgIpc) is 2.67.